The van der Waals surface area contributed by atoms with Gasteiger partial charge in [0, 0.05) is 16.8 Å². The van der Waals surface area contributed by atoms with Crippen molar-refractivity contribution in [1.82, 2.24) is 10.3 Å². The van der Waals surface area contributed by atoms with E-state index in [0.29, 0.717) is 29.0 Å². The molecule has 5 nitrogen and oxygen atoms in total. The van der Waals surface area contributed by atoms with Crippen LogP contribution in [0.25, 0.3) is 11.1 Å². The highest BCUT2D eigenvalue weighted by molar-refractivity contribution is 6.30. The molecule has 1 saturated carbocycles. The Morgan fingerprint density at radius 1 is 1.29 bits per heavy atom. The van der Waals surface area contributed by atoms with Crippen LogP contribution in [0.15, 0.2) is 36.5 Å². The summed E-state index contributed by atoms with van der Waals surface area (Å²) in [5, 5.41) is 13.7. The Labute approximate surface area is 171 Å². The summed E-state index contributed by atoms with van der Waals surface area (Å²) in [5.41, 5.74) is 2.07. The van der Waals surface area contributed by atoms with E-state index in [4.69, 9.17) is 16.3 Å². The average molecular weight is 403 g/mol. The van der Waals surface area contributed by atoms with Gasteiger partial charge in [-0.3, -0.25) is 4.79 Å². The Morgan fingerprint density at radius 2 is 2.00 bits per heavy atom. The zero-order valence-electron chi connectivity index (χ0n) is 16.3. The fourth-order valence-corrected chi connectivity index (χ4v) is 3.43. The molecule has 150 valence electrons. The number of halogens is 1. The molecular weight excluding hydrogens is 376 g/mol. The summed E-state index contributed by atoms with van der Waals surface area (Å²) in [5.74, 6) is 0.616. The maximum atomic E-state index is 12.7. The molecule has 2 unspecified atom stereocenters. The molecule has 0 aliphatic heterocycles. The van der Waals surface area contributed by atoms with E-state index < -0.39 is 6.10 Å². The lowest BCUT2D eigenvalue weighted by Gasteiger charge is -2.28. The van der Waals surface area contributed by atoms with E-state index in [2.05, 4.69) is 24.1 Å². The number of aromatic nitrogens is 1. The van der Waals surface area contributed by atoms with E-state index >= 15 is 0 Å². The lowest BCUT2D eigenvalue weighted by Crippen LogP contribution is -2.45. The van der Waals surface area contributed by atoms with Crippen molar-refractivity contribution in [3.63, 3.8) is 0 Å². The van der Waals surface area contributed by atoms with E-state index in [1.807, 2.05) is 12.1 Å². The van der Waals surface area contributed by atoms with E-state index in [1.54, 1.807) is 18.2 Å². The number of nitrogens with one attached hydrogen (secondary N) is 1. The van der Waals surface area contributed by atoms with Crippen molar-refractivity contribution >= 4 is 17.5 Å². The van der Waals surface area contributed by atoms with Gasteiger partial charge >= 0.3 is 0 Å². The molecule has 0 spiro atoms. The van der Waals surface area contributed by atoms with Gasteiger partial charge in [-0.05, 0) is 42.5 Å². The monoisotopic (exact) mass is 402 g/mol. The highest BCUT2D eigenvalue weighted by atomic mass is 35.5. The van der Waals surface area contributed by atoms with Crippen LogP contribution in [0.2, 0.25) is 5.02 Å². The molecule has 2 N–H and O–H groups in total. The van der Waals surface area contributed by atoms with Gasteiger partial charge in [0.15, 0.2) is 0 Å². The van der Waals surface area contributed by atoms with Crippen LogP contribution in [0.3, 0.4) is 0 Å². The Balaban J connectivity index is 1.86. The zero-order valence-corrected chi connectivity index (χ0v) is 17.1. The van der Waals surface area contributed by atoms with Crippen molar-refractivity contribution < 1.29 is 14.6 Å². The van der Waals surface area contributed by atoms with Crippen LogP contribution in [-0.4, -0.2) is 34.8 Å². The number of hydrogen-bond acceptors (Lipinski definition) is 4. The van der Waals surface area contributed by atoms with Crippen molar-refractivity contribution in [2.24, 2.45) is 5.92 Å². The molecule has 3 rings (SSSR count). The van der Waals surface area contributed by atoms with Crippen LogP contribution in [-0.2, 0) is 0 Å². The standard InChI is InChI=1S/C22H27ClN2O3/c1-14(2)13-28-22-18(15-7-9-17(23)10-8-15)11-16(12-24-22)21(27)25-19-5-3-4-6-20(19)26/h7-12,14,19-20,26H,3-6,13H2,1-2H3,(H,25,27). The van der Waals surface area contributed by atoms with Gasteiger partial charge < -0.3 is 15.2 Å². The Bertz CT molecular complexity index is 808. The second-order valence-corrected chi connectivity index (χ2v) is 8.16. The molecular formula is C22H27ClN2O3. The molecule has 1 heterocycles. The number of carbonyl (C=O) groups is 1. The molecule has 1 amide bonds. The smallest absolute Gasteiger partial charge is 0.253 e. The van der Waals surface area contributed by atoms with Gasteiger partial charge in [-0.15, -0.1) is 0 Å². The largest absolute Gasteiger partial charge is 0.477 e. The van der Waals surface area contributed by atoms with Crippen LogP contribution < -0.4 is 10.1 Å². The highest BCUT2D eigenvalue weighted by Gasteiger charge is 2.25. The predicted molar refractivity (Wildman–Crippen MR) is 111 cm³/mol. The van der Waals surface area contributed by atoms with Crippen LogP contribution in [0.4, 0.5) is 0 Å². The van der Waals surface area contributed by atoms with E-state index in [9.17, 15) is 9.90 Å². The molecule has 6 heteroatoms. The number of benzene rings is 1. The summed E-state index contributed by atoms with van der Waals surface area (Å²) in [7, 11) is 0. The van der Waals surface area contributed by atoms with Gasteiger partial charge in [-0.1, -0.05) is 50.4 Å². The average Bonchev–Trinajstić information content (AvgIpc) is 2.68. The second kappa shape index (κ2) is 9.39. The number of pyridine rings is 1. The van der Waals surface area contributed by atoms with Crippen molar-refractivity contribution in [3.8, 4) is 17.0 Å². The fraction of sp³-hybridized carbons (Fsp3) is 0.455. The number of nitrogens with zero attached hydrogens (tertiary/aromatic N) is 1. The van der Waals surface area contributed by atoms with Gasteiger partial charge in [0.1, 0.15) is 0 Å². The first-order chi connectivity index (χ1) is 13.4. The van der Waals surface area contributed by atoms with Crippen LogP contribution in [0.5, 0.6) is 5.88 Å². The number of aliphatic hydroxyl groups excluding tert-OH is 1. The minimum atomic E-state index is -0.491. The molecule has 2 aromatic rings. The Hall–Kier alpha value is -2.11. The van der Waals surface area contributed by atoms with Gasteiger partial charge in [0.25, 0.3) is 5.91 Å². The maximum absolute atomic E-state index is 12.7. The number of rotatable bonds is 6. The Kier molecular flexibility index (Phi) is 6.92. The SMILES string of the molecule is CC(C)COc1ncc(C(=O)NC2CCCCC2O)cc1-c1ccc(Cl)cc1. The van der Waals surface area contributed by atoms with Crippen LogP contribution in [0.1, 0.15) is 49.9 Å². The molecule has 0 radical (unpaired) electrons. The molecule has 1 aromatic carbocycles. The third-order valence-electron chi connectivity index (χ3n) is 4.87. The first-order valence-corrected chi connectivity index (χ1v) is 10.2. The van der Waals surface area contributed by atoms with Gasteiger partial charge in [0.05, 0.1) is 24.3 Å². The summed E-state index contributed by atoms with van der Waals surface area (Å²) in [4.78, 5) is 17.2. The lowest BCUT2D eigenvalue weighted by atomic mass is 9.92. The topological polar surface area (TPSA) is 71.5 Å². The second-order valence-electron chi connectivity index (χ2n) is 7.72. The number of amides is 1. The minimum absolute atomic E-state index is 0.211. The summed E-state index contributed by atoms with van der Waals surface area (Å²) >= 11 is 6.01. The van der Waals surface area contributed by atoms with Gasteiger partial charge in [-0.25, -0.2) is 4.98 Å². The molecule has 2 atom stereocenters. The summed E-state index contributed by atoms with van der Waals surface area (Å²) in [6.45, 7) is 4.67. The fourth-order valence-electron chi connectivity index (χ4n) is 3.30. The molecule has 0 saturated heterocycles. The minimum Gasteiger partial charge on any atom is -0.477 e. The number of ether oxygens (including phenoxy) is 1. The number of carbonyl (C=O) groups excluding carboxylic acids is 1. The predicted octanol–water partition coefficient (Wildman–Crippen LogP) is 4.47. The summed E-state index contributed by atoms with van der Waals surface area (Å²) in [6.07, 6.45) is 4.56. The van der Waals surface area contributed by atoms with Crippen molar-refractivity contribution in [1.29, 1.82) is 0 Å². The summed E-state index contributed by atoms with van der Waals surface area (Å²) in [6, 6.07) is 8.94. The first kappa shape index (κ1) is 20.6. The zero-order chi connectivity index (χ0) is 20.1. The van der Waals surface area contributed by atoms with Gasteiger partial charge in [0.2, 0.25) is 5.88 Å². The van der Waals surface area contributed by atoms with Crippen molar-refractivity contribution in [2.45, 2.75) is 51.7 Å². The molecule has 1 aliphatic carbocycles. The Morgan fingerprint density at radius 3 is 2.68 bits per heavy atom. The van der Waals surface area contributed by atoms with Crippen molar-refractivity contribution in [2.75, 3.05) is 6.61 Å². The van der Waals surface area contributed by atoms with Gasteiger partial charge in [-0.2, -0.15) is 0 Å². The highest BCUT2D eigenvalue weighted by Crippen LogP contribution is 2.30. The number of aliphatic hydroxyl groups is 1. The molecule has 0 bridgehead atoms. The quantitative estimate of drug-likeness (QED) is 0.747. The third-order valence-corrected chi connectivity index (χ3v) is 5.12. The normalized spacial score (nSPS) is 19.5. The van der Waals surface area contributed by atoms with Crippen LogP contribution >= 0.6 is 11.6 Å². The molecule has 1 aromatic heterocycles. The number of hydrogen-bond donors (Lipinski definition) is 2. The lowest BCUT2D eigenvalue weighted by molar-refractivity contribution is 0.0717. The maximum Gasteiger partial charge on any atom is 0.253 e. The molecule has 28 heavy (non-hydrogen) atoms. The molecule has 1 aliphatic rings. The van der Waals surface area contributed by atoms with E-state index in [1.165, 1.54) is 6.20 Å². The van der Waals surface area contributed by atoms with E-state index in [-0.39, 0.29) is 11.9 Å². The third kappa shape index (κ3) is 5.24. The van der Waals surface area contributed by atoms with E-state index in [0.717, 1.165) is 36.8 Å². The first-order valence-electron chi connectivity index (χ1n) is 9.81. The summed E-state index contributed by atoms with van der Waals surface area (Å²) < 4.78 is 5.87. The molecule has 1 fully saturated rings. The van der Waals surface area contributed by atoms with Crippen molar-refractivity contribution in [3.05, 3.63) is 47.1 Å². The van der Waals surface area contributed by atoms with Crippen LogP contribution in [0, 0.1) is 5.92 Å².